The Labute approximate surface area is 272 Å². The van der Waals surface area contributed by atoms with Crippen molar-refractivity contribution < 1.29 is 0 Å². The van der Waals surface area contributed by atoms with Crippen molar-refractivity contribution in [2.45, 2.75) is 0 Å². The maximum absolute atomic E-state index is 3.71. The second kappa shape index (κ2) is 10.3. The molecule has 8 aromatic rings. The molecule has 0 radical (unpaired) electrons. The van der Waals surface area contributed by atoms with Gasteiger partial charge in [0.15, 0.2) is 8.07 Å². The summed E-state index contributed by atoms with van der Waals surface area (Å²) in [5, 5.41) is 8.32. The molecule has 0 unspecified atom stereocenters. The minimum absolute atomic E-state index is 1.10. The van der Waals surface area contributed by atoms with E-state index in [2.05, 4.69) is 190 Å². The SMILES string of the molecule is Brc1ccc([Si]2(c3ccc4c(c3)c3ccccc3n4-c3ccc(-c4ccccc4)cc3)c3ccccc3-c3ccccc32)cc1. The fourth-order valence-corrected chi connectivity index (χ4v) is 13.1. The lowest BCUT2D eigenvalue weighted by Gasteiger charge is -2.31. The van der Waals surface area contributed by atoms with Crippen molar-refractivity contribution >= 4 is 66.6 Å². The zero-order valence-electron chi connectivity index (χ0n) is 24.5. The zero-order valence-corrected chi connectivity index (χ0v) is 27.1. The smallest absolute Gasteiger partial charge is 0.180 e. The summed E-state index contributed by atoms with van der Waals surface area (Å²) >= 11 is 3.71. The summed E-state index contributed by atoms with van der Waals surface area (Å²) in [5.41, 5.74) is 8.81. The Balaban J connectivity index is 1.31. The van der Waals surface area contributed by atoms with E-state index in [1.54, 1.807) is 0 Å². The number of para-hydroxylation sites is 1. The molecule has 9 rings (SSSR count). The predicted molar refractivity (Wildman–Crippen MR) is 197 cm³/mol. The number of hydrogen-bond acceptors (Lipinski definition) is 0. The molecule has 7 aromatic carbocycles. The Morgan fingerprint density at radius 2 is 0.978 bits per heavy atom. The van der Waals surface area contributed by atoms with Crippen LogP contribution < -0.4 is 20.7 Å². The molecule has 0 bridgehead atoms. The molecule has 2 heterocycles. The molecule has 0 amide bonds. The third-order valence-corrected chi connectivity index (χ3v) is 15.0. The standard InChI is InChI=1S/C42H28BrNSi/c43-31-20-24-33(25-21-31)45(41-16-8-5-13-36(41)37-14-6-9-17-42(37)45)34-26-27-40-38(28-34)35-12-4-7-15-39(35)44(40)32-22-18-30(19-23-32)29-10-2-1-3-11-29/h1-28H. The summed E-state index contributed by atoms with van der Waals surface area (Å²) in [6, 6.07) is 63.0. The normalized spacial score (nSPS) is 13.2. The molecule has 0 fully saturated rings. The molecule has 0 spiro atoms. The molecule has 212 valence electrons. The minimum atomic E-state index is -2.60. The first-order valence-corrected chi connectivity index (χ1v) is 18.2. The van der Waals surface area contributed by atoms with Crippen LogP contribution in [0.4, 0.5) is 0 Å². The number of nitrogens with zero attached hydrogens (tertiary/aromatic N) is 1. The Bertz CT molecular complexity index is 2320. The summed E-state index contributed by atoms with van der Waals surface area (Å²) in [6.07, 6.45) is 0. The molecule has 1 aromatic heterocycles. The van der Waals surface area contributed by atoms with Gasteiger partial charge in [-0.05, 0) is 79.4 Å². The van der Waals surface area contributed by atoms with Crippen LogP contribution in [0.5, 0.6) is 0 Å². The van der Waals surface area contributed by atoms with E-state index in [0.717, 1.165) is 4.47 Å². The maximum atomic E-state index is 3.71. The molecule has 0 aliphatic carbocycles. The van der Waals surface area contributed by atoms with Crippen LogP contribution in [-0.4, -0.2) is 12.6 Å². The molecule has 45 heavy (non-hydrogen) atoms. The van der Waals surface area contributed by atoms with Crippen LogP contribution in [0.15, 0.2) is 174 Å². The van der Waals surface area contributed by atoms with Crippen LogP contribution in [0.2, 0.25) is 0 Å². The van der Waals surface area contributed by atoms with Gasteiger partial charge in [0.05, 0.1) is 11.0 Å². The maximum Gasteiger partial charge on any atom is 0.180 e. The summed E-state index contributed by atoms with van der Waals surface area (Å²) < 4.78 is 3.53. The fourth-order valence-electron chi connectivity index (χ4n) is 7.64. The van der Waals surface area contributed by atoms with Crippen LogP contribution in [0, 0.1) is 0 Å². The predicted octanol–water partition coefficient (Wildman–Crippen LogP) is 8.57. The Kier molecular flexibility index (Phi) is 6.05. The van der Waals surface area contributed by atoms with Crippen LogP contribution in [0.25, 0.3) is 49.7 Å². The Morgan fingerprint density at radius 3 is 1.69 bits per heavy atom. The van der Waals surface area contributed by atoms with Crippen molar-refractivity contribution in [3.63, 3.8) is 0 Å². The first kappa shape index (κ1) is 26.4. The van der Waals surface area contributed by atoms with Gasteiger partial charge in [-0.15, -0.1) is 0 Å². The first-order chi connectivity index (χ1) is 22.2. The Hall–Kier alpha value is -4.96. The number of fused-ring (bicyclic) bond motifs is 6. The van der Waals surface area contributed by atoms with Crippen LogP contribution in [-0.2, 0) is 0 Å². The van der Waals surface area contributed by atoms with E-state index in [-0.39, 0.29) is 0 Å². The van der Waals surface area contributed by atoms with Crippen molar-refractivity contribution in [1.82, 2.24) is 4.57 Å². The second-order valence-corrected chi connectivity index (χ2v) is 16.5. The monoisotopic (exact) mass is 653 g/mol. The van der Waals surface area contributed by atoms with Gasteiger partial charge in [0, 0.05) is 20.9 Å². The van der Waals surface area contributed by atoms with Crippen LogP contribution in [0.1, 0.15) is 0 Å². The molecular formula is C42H28BrNSi. The largest absolute Gasteiger partial charge is 0.309 e. The van der Waals surface area contributed by atoms with Crippen LogP contribution in [0.3, 0.4) is 0 Å². The van der Waals surface area contributed by atoms with Gasteiger partial charge in [0.25, 0.3) is 0 Å². The molecule has 0 N–H and O–H groups in total. The van der Waals surface area contributed by atoms with E-state index in [9.17, 15) is 0 Å². The molecule has 0 saturated heterocycles. The van der Waals surface area contributed by atoms with E-state index < -0.39 is 8.07 Å². The van der Waals surface area contributed by atoms with Crippen LogP contribution >= 0.6 is 15.9 Å². The molecule has 0 atom stereocenters. The number of benzene rings is 7. The summed E-state index contributed by atoms with van der Waals surface area (Å²) in [6.45, 7) is 0. The lowest BCUT2D eigenvalue weighted by atomic mass is 10.1. The quantitative estimate of drug-likeness (QED) is 0.168. The van der Waals surface area contributed by atoms with Crippen molar-refractivity contribution in [2.24, 2.45) is 0 Å². The number of hydrogen-bond donors (Lipinski definition) is 0. The van der Waals surface area contributed by atoms with Gasteiger partial charge < -0.3 is 4.57 Å². The molecule has 1 nitrogen and oxygen atoms in total. The van der Waals surface area contributed by atoms with Crippen molar-refractivity contribution in [1.29, 1.82) is 0 Å². The summed E-state index contributed by atoms with van der Waals surface area (Å²) in [4.78, 5) is 0. The fraction of sp³-hybridized carbons (Fsp3) is 0. The van der Waals surface area contributed by atoms with Gasteiger partial charge in [-0.2, -0.15) is 0 Å². The summed E-state index contributed by atoms with van der Waals surface area (Å²) in [7, 11) is -2.60. The molecular weight excluding hydrogens is 626 g/mol. The number of halogens is 1. The van der Waals surface area contributed by atoms with Gasteiger partial charge in [-0.1, -0.05) is 149 Å². The van der Waals surface area contributed by atoms with Gasteiger partial charge in [0.2, 0.25) is 0 Å². The van der Waals surface area contributed by atoms with Gasteiger partial charge in [0.1, 0.15) is 0 Å². The first-order valence-electron chi connectivity index (χ1n) is 15.4. The zero-order chi connectivity index (χ0) is 30.0. The third kappa shape index (κ3) is 3.91. The average Bonchev–Trinajstić information content (AvgIpc) is 3.60. The van der Waals surface area contributed by atoms with Crippen molar-refractivity contribution in [3.05, 3.63) is 174 Å². The van der Waals surface area contributed by atoms with Gasteiger partial charge in [-0.25, -0.2) is 0 Å². The van der Waals surface area contributed by atoms with Gasteiger partial charge >= 0.3 is 0 Å². The highest BCUT2D eigenvalue weighted by Gasteiger charge is 2.48. The highest BCUT2D eigenvalue weighted by Crippen LogP contribution is 2.34. The van der Waals surface area contributed by atoms with E-state index >= 15 is 0 Å². The molecule has 1 aliphatic rings. The van der Waals surface area contributed by atoms with E-state index in [1.165, 1.54) is 70.5 Å². The molecule has 0 saturated carbocycles. The number of aromatic nitrogens is 1. The van der Waals surface area contributed by atoms with Crippen molar-refractivity contribution in [3.8, 4) is 27.9 Å². The van der Waals surface area contributed by atoms with Crippen molar-refractivity contribution in [2.75, 3.05) is 0 Å². The molecule has 3 heteroatoms. The van der Waals surface area contributed by atoms with E-state index in [1.807, 2.05) is 0 Å². The lowest BCUT2D eigenvalue weighted by Crippen LogP contribution is -2.72. The summed E-state index contributed by atoms with van der Waals surface area (Å²) in [5.74, 6) is 0. The topological polar surface area (TPSA) is 4.93 Å². The minimum Gasteiger partial charge on any atom is -0.309 e. The molecule has 1 aliphatic heterocycles. The Morgan fingerprint density at radius 1 is 0.422 bits per heavy atom. The lowest BCUT2D eigenvalue weighted by molar-refractivity contribution is 1.18. The highest BCUT2D eigenvalue weighted by molar-refractivity contribution is 9.10. The number of rotatable bonds is 4. The second-order valence-electron chi connectivity index (χ2n) is 11.8. The van der Waals surface area contributed by atoms with E-state index in [0.29, 0.717) is 0 Å². The highest BCUT2D eigenvalue weighted by atomic mass is 79.9. The average molecular weight is 655 g/mol. The van der Waals surface area contributed by atoms with Gasteiger partial charge in [-0.3, -0.25) is 0 Å². The third-order valence-electron chi connectivity index (χ3n) is 9.57. The van der Waals surface area contributed by atoms with E-state index in [4.69, 9.17) is 0 Å².